The van der Waals surface area contributed by atoms with Gasteiger partial charge in [-0.05, 0) is 41.0 Å². The van der Waals surface area contributed by atoms with E-state index in [0.29, 0.717) is 22.4 Å². The van der Waals surface area contributed by atoms with Crippen LogP contribution in [-0.4, -0.2) is 41.7 Å². The molecular weight excluding hydrogens is 488 g/mol. The highest BCUT2D eigenvalue weighted by Crippen LogP contribution is 2.64. The van der Waals surface area contributed by atoms with E-state index < -0.39 is 23.4 Å². The van der Waals surface area contributed by atoms with Gasteiger partial charge in [0.15, 0.2) is 17.3 Å². The third kappa shape index (κ3) is 3.08. The number of methoxy groups -OCH3 is 1. The van der Waals surface area contributed by atoms with E-state index >= 15 is 0 Å². The van der Waals surface area contributed by atoms with Crippen molar-refractivity contribution in [3.05, 3.63) is 137 Å². The van der Waals surface area contributed by atoms with Gasteiger partial charge in [-0.25, -0.2) is 0 Å². The summed E-state index contributed by atoms with van der Waals surface area (Å²) in [5, 5.41) is 6.50. The van der Waals surface area contributed by atoms with E-state index in [2.05, 4.69) is 0 Å². The Morgan fingerprint density at radius 1 is 0.795 bits per heavy atom. The minimum absolute atomic E-state index is 0.207. The van der Waals surface area contributed by atoms with Crippen LogP contribution in [0.5, 0.6) is 5.75 Å². The van der Waals surface area contributed by atoms with Crippen molar-refractivity contribution in [1.82, 2.24) is 5.01 Å². The molecule has 1 aliphatic carbocycles. The maximum absolute atomic E-state index is 14.6. The number of hydrogen-bond donors (Lipinski definition) is 0. The summed E-state index contributed by atoms with van der Waals surface area (Å²) in [6, 6.07) is 29.4. The maximum Gasteiger partial charge on any atom is 0.187 e. The Hall–Kier alpha value is -4.84. The zero-order chi connectivity index (χ0) is 26.7. The molecule has 2 aliphatic heterocycles. The number of Topliss-reactive ketones (excluding diaryl/α,β-unsaturated/α-hetero) is 3. The molecule has 0 amide bonds. The number of ether oxygens (including phenoxy) is 1. The SMILES string of the molecule is COc1ccc(C(=O)[C@@H]2[C@@H](c3ccccc3)C3(C(=O)c4ccccc4C3=O)[C@@H]3c4ccccc4C=NN23)cc1. The normalized spacial score (nSPS) is 22.0. The van der Waals surface area contributed by atoms with Crippen LogP contribution in [0.2, 0.25) is 0 Å². The Morgan fingerprint density at radius 3 is 2.08 bits per heavy atom. The van der Waals surface area contributed by atoms with Gasteiger partial charge < -0.3 is 4.74 Å². The molecule has 3 aliphatic rings. The zero-order valence-electron chi connectivity index (χ0n) is 21.2. The van der Waals surface area contributed by atoms with E-state index in [4.69, 9.17) is 9.84 Å². The molecule has 0 bridgehead atoms. The van der Waals surface area contributed by atoms with Gasteiger partial charge in [0, 0.05) is 22.6 Å². The molecule has 7 rings (SSSR count). The minimum Gasteiger partial charge on any atom is -0.497 e. The second-order valence-electron chi connectivity index (χ2n) is 10.2. The lowest BCUT2D eigenvalue weighted by molar-refractivity contribution is 0.0586. The maximum atomic E-state index is 14.6. The number of ketones is 3. The molecule has 4 aromatic rings. The summed E-state index contributed by atoms with van der Waals surface area (Å²) in [7, 11) is 1.57. The highest BCUT2D eigenvalue weighted by Gasteiger charge is 2.72. The lowest BCUT2D eigenvalue weighted by Gasteiger charge is -2.36. The Morgan fingerprint density at radius 2 is 1.41 bits per heavy atom. The number of fused-ring (bicyclic) bond motifs is 5. The first-order valence-corrected chi connectivity index (χ1v) is 12.9. The summed E-state index contributed by atoms with van der Waals surface area (Å²) < 4.78 is 5.30. The van der Waals surface area contributed by atoms with Crippen molar-refractivity contribution in [2.75, 3.05) is 7.11 Å². The summed E-state index contributed by atoms with van der Waals surface area (Å²) in [5.74, 6) is -0.864. The van der Waals surface area contributed by atoms with E-state index in [0.717, 1.165) is 16.7 Å². The number of nitrogens with zero attached hydrogens (tertiary/aromatic N) is 2. The lowest BCUT2D eigenvalue weighted by atomic mass is 9.63. The molecule has 6 heteroatoms. The van der Waals surface area contributed by atoms with Gasteiger partial charge in [-0.1, -0.05) is 78.9 Å². The van der Waals surface area contributed by atoms with Crippen LogP contribution in [0, 0.1) is 5.41 Å². The van der Waals surface area contributed by atoms with Gasteiger partial charge in [-0.3, -0.25) is 19.4 Å². The second-order valence-corrected chi connectivity index (χ2v) is 10.2. The van der Waals surface area contributed by atoms with Crippen molar-refractivity contribution < 1.29 is 19.1 Å². The summed E-state index contributed by atoms with van der Waals surface area (Å²) in [4.78, 5) is 43.7. The van der Waals surface area contributed by atoms with Crippen LogP contribution in [0.15, 0.2) is 108 Å². The molecule has 0 unspecified atom stereocenters. The smallest absolute Gasteiger partial charge is 0.187 e. The zero-order valence-corrected chi connectivity index (χ0v) is 21.2. The van der Waals surface area contributed by atoms with Gasteiger partial charge in [-0.15, -0.1) is 0 Å². The van der Waals surface area contributed by atoms with Gasteiger partial charge in [0.25, 0.3) is 0 Å². The monoisotopic (exact) mass is 512 g/mol. The van der Waals surface area contributed by atoms with Crippen LogP contribution in [0.4, 0.5) is 0 Å². The first-order valence-electron chi connectivity index (χ1n) is 12.9. The molecule has 0 aromatic heterocycles. The molecule has 0 radical (unpaired) electrons. The highest BCUT2D eigenvalue weighted by atomic mass is 16.5. The largest absolute Gasteiger partial charge is 0.497 e. The Bertz CT molecular complexity index is 1640. The van der Waals surface area contributed by atoms with Crippen LogP contribution < -0.4 is 4.74 Å². The summed E-state index contributed by atoms with van der Waals surface area (Å²) in [5.41, 5.74) is 2.09. The Labute approximate surface area is 225 Å². The lowest BCUT2D eigenvalue weighted by Crippen LogP contribution is -2.43. The third-order valence-corrected chi connectivity index (χ3v) is 8.38. The fourth-order valence-corrected chi connectivity index (χ4v) is 6.74. The predicted molar refractivity (Wildman–Crippen MR) is 146 cm³/mol. The first-order chi connectivity index (χ1) is 19.1. The molecule has 3 atom stereocenters. The van der Waals surface area contributed by atoms with E-state index in [1.807, 2.05) is 54.6 Å². The van der Waals surface area contributed by atoms with Gasteiger partial charge in [0.1, 0.15) is 17.2 Å². The second kappa shape index (κ2) is 8.60. The summed E-state index contributed by atoms with van der Waals surface area (Å²) in [6.45, 7) is 0. The Kier molecular flexibility index (Phi) is 5.13. The van der Waals surface area contributed by atoms with Crippen LogP contribution in [0.1, 0.15) is 59.7 Å². The van der Waals surface area contributed by atoms with Gasteiger partial charge in [0.05, 0.1) is 19.4 Å². The molecule has 1 fully saturated rings. The van der Waals surface area contributed by atoms with Crippen molar-refractivity contribution in [3.63, 3.8) is 0 Å². The standard InChI is InChI=1S/C33H24N2O4/c1-39-23-17-15-21(16-18-23)29(36)28-27(20-9-3-2-4-10-20)33(31(37)25-13-7-8-14-26(25)32(33)38)30-24-12-6-5-11-22(24)19-34-35(28)30/h2-19,27-28,30H,1H3/t27-,28+,30+/m1/s1. The molecular formula is C33H24N2O4. The molecule has 4 aromatic carbocycles. The number of rotatable bonds is 4. The van der Waals surface area contributed by atoms with Gasteiger partial charge >= 0.3 is 0 Å². The first kappa shape index (κ1) is 23.3. The quantitative estimate of drug-likeness (QED) is 0.267. The highest BCUT2D eigenvalue weighted by molar-refractivity contribution is 6.31. The van der Waals surface area contributed by atoms with Crippen molar-refractivity contribution in [1.29, 1.82) is 0 Å². The van der Waals surface area contributed by atoms with E-state index in [9.17, 15) is 14.4 Å². The molecule has 39 heavy (non-hydrogen) atoms. The average molecular weight is 513 g/mol. The van der Waals surface area contributed by atoms with Crippen LogP contribution in [0.3, 0.4) is 0 Å². The van der Waals surface area contributed by atoms with Crippen LogP contribution >= 0.6 is 0 Å². The van der Waals surface area contributed by atoms with Crippen molar-refractivity contribution >= 4 is 23.6 Å². The number of carbonyl (C=O) groups excluding carboxylic acids is 3. The van der Waals surface area contributed by atoms with Crippen molar-refractivity contribution in [2.24, 2.45) is 10.5 Å². The number of hydrazone groups is 1. The fraction of sp³-hybridized carbons (Fsp3) is 0.152. The van der Waals surface area contributed by atoms with E-state index in [1.54, 1.807) is 66.9 Å². The average Bonchev–Trinajstić information content (AvgIpc) is 3.43. The third-order valence-electron chi connectivity index (χ3n) is 8.38. The molecule has 6 nitrogen and oxygen atoms in total. The summed E-state index contributed by atoms with van der Waals surface area (Å²) >= 11 is 0. The number of benzene rings is 4. The van der Waals surface area contributed by atoms with Crippen LogP contribution in [-0.2, 0) is 0 Å². The van der Waals surface area contributed by atoms with Crippen LogP contribution in [0.25, 0.3) is 0 Å². The van der Waals surface area contributed by atoms with Gasteiger partial charge in [0.2, 0.25) is 0 Å². The molecule has 190 valence electrons. The predicted octanol–water partition coefficient (Wildman–Crippen LogP) is 5.50. The fourth-order valence-electron chi connectivity index (χ4n) is 6.74. The topological polar surface area (TPSA) is 76.0 Å². The molecule has 0 saturated carbocycles. The minimum atomic E-state index is -1.56. The summed E-state index contributed by atoms with van der Waals surface area (Å²) in [6.07, 6.45) is 1.72. The van der Waals surface area contributed by atoms with E-state index in [1.165, 1.54) is 0 Å². The van der Waals surface area contributed by atoms with E-state index in [-0.39, 0.29) is 17.3 Å². The van der Waals surface area contributed by atoms with Gasteiger partial charge in [-0.2, -0.15) is 5.10 Å². The molecule has 2 heterocycles. The Balaban J connectivity index is 1.52. The molecule has 1 spiro atoms. The van der Waals surface area contributed by atoms with Crippen molar-refractivity contribution in [2.45, 2.75) is 18.0 Å². The molecule has 0 N–H and O–H groups in total. The van der Waals surface area contributed by atoms with Crippen molar-refractivity contribution in [3.8, 4) is 5.75 Å². The molecule has 1 saturated heterocycles. The number of carbonyl (C=O) groups is 3. The number of hydrogen-bond acceptors (Lipinski definition) is 6.